The Balaban J connectivity index is 1.62. The van der Waals surface area contributed by atoms with Gasteiger partial charge in [0.25, 0.3) is 10.0 Å². The van der Waals surface area contributed by atoms with Crippen LogP contribution in [0.2, 0.25) is 0 Å². The van der Waals surface area contributed by atoms with Crippen molar-refractivity contribution >= 4 is 21.8 Å². The summed E-state index contributed by atoms with van der Waals surface area (Å²) < 4.78 is 36.5. The lowest BCUT2D eigenvalue weighted by Gasteiger charge is -2.09. The number of fused-ring (bicyclic) bond motifs is 1. The Labute approximate surface area is 128 Å². The molecular formula is C14H16N2O5S. The zero-order chi connectivity index (χ0) is 15.6. The van der Waals surface area contributed by atoms with E-state index in [1.54, 1.807) is 18.2 Å². The summed E-state index contributed by atoms with van der Waals surface area (Å²) in [5.74, 6) is -0.337. The molecule has 22 heavy (non-hydrogen) atoms. The zero-order valence-corrected chi connectivity index (χ0v) is 12.6. The third kappa shape index (κ3) is 3.12. The van der Waals surface area contributed by atoms with Gasteiger partial charge in [-0.25, -0.2) is 8.42 Å². The van der Waals surface area contributed by atoms with Crippen molar-refractivity contribution in [2.24, 2.45) is 4.99 Å². The molecule has 0 amide bonds. The molecular weight excluding hydrogens is 308 g/mol. The summed E-state index contributed by atoms with van der Waals surface area (Å²) in [5.41, 5.74) is 0.467. The van der Waals surface area contributed by atoms with Crippen molar-refractivity contribution in [1.29, 1.82) is 0 Å². The fourth-order valence-electron chi connectivity index (χ4n) is 2.40. The highest BCUT2D eigenvalue weighted by Gasteiger charge is 2.30. The van der Waals surface area contributed by atoms with Gasteiger partial charge < -0.3 is 9.47 Å². The van der Waals surface area contributed by atoms with Gasteiger partial charge in [0.2, 0.25) is 0 Å². The van der Waals surface area contributed by atoms with Crippen molar-refractivity contribution in [3.8, 4) is 0 Å². The van der Waals surface area contributed by atoms with Gasteiger partial charge in [0.15, 0.2) is 0 Å². The predicted octanol–water partition coefficient (Wildman–Crippen LogP) is 0.447. The summed E-state index contributed by atoms with van der Waals surface area (Å²) in [6.45, 7) is 0.675. The number of nitrogens with one attached hydrogen (secondary N) is 1. The number of rotatable bonds is 4. The Kier molecular flexibility index (Phi) is 4.12. The van der Waals surface area contributed by atoms with Gasteiger partial charge in [-0.05, 0) is 25.0 Å². The molecule has 1 saturated heterocycles. The number of carbonyl (C=O) groups is 1. The number of nitrogens with zero attached hydrogens (tertiary/aromatic N) is 1. The normalized spacial score (nSPS) is 24.0. The smallest absolute Gasteiger partial charge is 0.327 e. The summed E-state index contributed by atoms with van der Waals surface area (Å²) in [6.07, 6.45) is 1.82. The van der Waals surface area contributed by atoms with E-state index in [0.29, 0.717) is 12.2 Å². The molecule has 0 aromatic heterocycles. The summed E-state index contributed by atoms with van der Waals surface area (Å²) in [6, 6.07) is 6.49. The van der Waals surface area contributed by atoms with Crippen LogP contribution in [0.25, 0.3) is 0 Å². The standard InChI is InChI=1S/C14H16N2O5S/c17-13(21-9-10-4-3-7-20-10)8-15-14-11-5-1-2-6-12(11)22(18,19)16-14/h1-2,5-6,10H,3-4,7-9H2,(H,15,16). The summed E-state index contributed by atoms with van der Waals surface area (Å²) in [5, 5.41) is 0. The molecule has 2 aliphatic heterocycles. The van der Waals surface area contributed by atoms with Crippen LogP contribution in [0, 0.1) is 0 Å². The number of amidine groups is 1. The zero-order valence-electron chi connectivity index (χ0n) is 11.8. The minimum Gasteiger partial charge on any atom is -0.462 e. The highest BCUT2D eigenvalue weighted by atomic mass is 32.2. The molecule has 1 aromatic rings. The van der Waals surface area contributed by atoms with Crippen LogP contribution in [0.4, 0.5) is 0 Å². The van der Waals surface area contributed by atoms with Crippen LogP contribution in [-0.4, -0.2) is 46.1 Å². The van der Waals surface area contributed by atoms with Gasteiger partial charge in [-0.1, -0.05) is 12.1 Å². The van der Waals surface area contributed by atoms with E-state index in [4.69, 9.17) is 9.47 Å². The third-order valence-electron chi connectivity index (χ3n) is 3.48. The number of aliphatic imine (C=N–C) groups is 1. The monoisotopic (exact) mass is 324 g/mol. The first-order valence-electron chi connectivity index (χ1n) is 7.00. The van der Waals surface area contributed by atoms with Gasteiger partial charge in [0.05, 0.1) is 11.0 Å². The number of carbonyl (C=O) groups excluding carboxylic acids is 1. The fraction of sp³-hybridized carbons (Fsp3) is 0.429. The number of benzene rings is 1. The fourth-order valence-corrected chi connectivity index (χ4v) is 3.65. The minimum atomic E-state index is -3.58. The van der Waals surface area contributed by atoms with Gasteiger partial charge in [0, 0.05) is 12.2 Å². The van der Waals surface area contributed by atoms with Crippen molar-refractivity contribution in [3.63, 3.8) is 0 Å². The maximum atomic E-state index is 11.9. The second kappa shape index (κ2) is 6.05. The molecule has 7 nitrogen and oxygen atoms in total. The van der Waals surface area contributed by atoms with Crippen LogP contribution >= 0.6 is 0 Å². The number of hydrogen-bond acceptors (Lipinski definition) is 6. The Morgan fingerprint density at radius 1 is 1.41 bits per heavy atom. The molecule has 3 rings (SSSR count). The highest BCUT2D eigenvalue weighted by Crippen LogP contribution is 2.22. The molecule has 1 N–H and O–H groups in total. The largest absolute Gasteiger partial charge is 0.462 e. The molecule has 0 radical (unpaired) electrons. The number of hydrogen-bond donors (Lipinski definition) is 1. The average Bonchev–Trinajstić information content (AvgIpc) is 3.10. The first kappa shape index (κ1) is 15.0. The maximum Gasteiger partial charge on any atom is 0.327 e. The topological polar surface area (TPSA) is 94.1 Å². The predicted molar refractivity (Wildman–Crippen MR) is 78.1 cm³/mol. The SMILES string of the molecule is O=C(CN=C1NS(=O)(=O)c2ccccc21)OCC1CCCO1. The summed E-state index contributed by atoms with van der Waals surface area (Å²) >= 11 is 0. The minimum absolute atomic E-state index is 0.0395. The molecule has 1 aromatic carbocycles. The molecule has 0 spiro atoms. The van der Waals surface area contributed by atoms with Crippen molar-refractivity contribution in [3.05, 3.63) is 29.8 Å². The van der Waals surface area contributed by atoms with E-state index >= 15 is 0 Å². The Bertz CT molecular complexity index is 708. The van der Waals surface area contributed by atoms with Crippen LogP contribution in [0.15, 0.2) is 34.2 Å². The van der Waals surface area contributed by atoms with Gasteiger partial charge in [-0.3, -0.25) is 14.5 Å². The van der Waals surface area contributed by atoms with Crippen LogP contribution in [0.1, 0.15) is 18.4 Å². The van der Waals surface area contributed by atoms with E-state index in [0.717, 1.165) is 12.8 Å². The molecule has 2 aliphatic rings. The van der Waals surface area contributed by atoms with Crippen molar-refractivity contribution in [2.75, 3.05) is 19.8 Å². The molecule has 1 atom stereocenters. The van der Waals surface area contributed by atoms with Gasteiger partial charge in [-0.2, -0.15) is 0 Å². The lowest BCUT2D eigenvalue weighted by atomic mass is 10.2. The molecule has 0 saturated carbocycles. The lowest BCUT2D eigenvalue weighted by Crippen LogP contribution is -2.24. The summed E-state index contributed by atoms with van der Waals surface area (Å²) in [7, 11) is -3.58. The molecule has 1 fully saturated rings. The van der Waals surface area contributed by atoms with Crippen LogP contribution in [0.5, 0.6) is 0 Å². The quantitative estimate of drug-likeness (QED) is 0.812. The molecule has 2 heterocycles. The van der Waals surface area contributed by atoms with Crippen LogP contribution in [-0.2, 0) is 24.3 Å². The van der Waals surface area contributed by atoms with Crippen molar-refractivity contribution in [2.45, 2.75) is 23.8 Å². The Morgan fingerprint density at radius 3 is 3.00 bits per heavy atom. The van der Waals surface area contributed by atoms with E-state index in [2.05, 4.69) is 9.71 Å². The second-order valence-corrected chi connectivity index (χ2v) is 6.74. The first-order valence-corrected chi connectivity index (χ1v) is 8.48. The van der Waals surface area contributed by atoms with E-state index in [1.807, 2.05) is 0 Å². The molecule has 0 bridgehead atoms. The van der Waals surface area contributed by atoms with Crippen LogP contribution < -0.4 is 4.72 Å². The molecule has 1 unspecified atom stereocenters. The summed E-state index contributed by atoms with van der Waals surface area (Å²) in [4.78, 5) is 15.9. The van der Waals surface area contributed by atoms with E-state index in [-0.39, 0.29) is 30.0 Å². The van der Waals surface area contributed by atoms with Crippen molar-refractivity contribution in [1.82, 2.24) is 4.72 Å². The molecule has 0 aliphatic carbocycles. The van der Waals surface area contributed by atoms with Gasteiger partial charge >= 0.3 is 5.97 Å². The van der Waals surface area contributed by atoms with E-state index in [9.17, 15) is 13.2 Å². The second-order valence-electron chi connectivity index (χ2n) is 5.08. The van der Waals surface area contributed by atoms with E-state index in [1.165, 1.54) is 6.07 Å². The molecule has 118 valence electrons. The number of ether oxygens (including phenoxy) is 2. The third-order valence-corrected chi connectivity index (χ3v) is 4.88. The number of sulfonamides is 1. The Morgan fingerprint density at radius 2 is 2.23 bits per heavy atom. The number of esters is 1. The van der Waals surface area contributed by atoms with Gasteiger partial charge in [0.1, 0.15) is 19.0 Å². The maximum absolute atomic E-state index is 11.9. The lowest BCUT2D eigenvalue weighted by molar-refractivity contribution is -0.145. The van der Waals surface area contributed by atoms with Gasteiger partial charge in [-0.15, -0.1) is 0 Å². The van der Waals surface area contributed by atoms with E-state index < -0.39 is 16.0 Å². The first-order chi connectivity index (χ1) is 10.6. The van der Waals surface area contributed by atoms with Crippen LogP contribution in [0.3, 0.4) is 0 Å². The Hall–Kier alpha value is -1.93. The average molecular weight is 324 g/mol. The molecule has 8 heteroatoms. The highest BCUT2D eigenvalue weighted by molar-refractivity contribution is 7.90. The van der Waals surface area contributed by atoms with Crippen molar-refractivity contribution < 1.29 is 22.7 Å².